The average Bonchev–Trinajstić information content (AvgIpc) is 2.83. The minimum atomic E-state index is -0.264. The summed E-state index contributed by atoms with van der Waals surface area (Å²) in [7, 11) is 0. The number of halogens is 1. The zero-order valence-electron chi connectivity index (χ0n) is 11.4. The van der Waals surface area contributed by atoms with E-state index in [9.17, 15) is 9.90 Å². The number of nitrogens with one attached hydrogen (secondary N) is 1. The van der Waals surface area contributed by atoms with Crippen molar-refractivity contribution < 1.29 is 9.90 Å². The number of benzene rings is 1. The molecule has 106 valence electrons. The summed E-state index contributed by atoms with van der Waals surface area (Å²) >= 11 is 5.82. The highest BCUT2D eigenvalue weighted by molar-refractivity contribution is 6.30. The van der Waals surface area contributed by atoms with Crippen LogP contribution < -0.4 is 0 Å². The molecule has 1 heterocycles. The highest BCUT2D eigenvalue weighted by Crippen LogP contribution is 2.31. The number of carbonyl (C=O) groups is 1. The first-order chi connectivity index (χ1) is 9.58. The summed E-state index contributed by atoms with van der Waals surface area (Å²) in [4.78, 5) is 13.8. The van der Waals surface area contributed by atoms with E-state index >= 15 is 0 Å². The van der Waals surface area contributed by atoms with E-state index in [1.807, 2.05) is 13.8 Å². The van der Waals surface area contributed by atoms with Gasteiger partial charge in [-0.25, -0.2) is 0 Å². The van der Waals surface area contributed by atoms with Crippen molar-refractivity contribution in [2.75, 3.05) is 13.1 Å². The fraction of sp³-hybridized carbons (Fsp3) is 0.286. The number of H-pyrrole nitrogens is 1. The summed E-state index contributed by atoms with van der Waals surface area (Å²) in [5, 5.41) is 17.4. The zero-order chi connectivity index (χ0) is 14.7. The Morgan fingerprint density at radius 1 is 1.30 bits per heavy atom. The fourth-order valence-corrected chi connectivity index (χ4v) is 2.09. The van der Waals surface area contributed by atoms with E-state index in [-0.39, 0.29) is 17.4 Å². The van der Waals surface area contributed by atoms with Crippen LogP contribution in [0, 0.1) is 0 Å². The predicted molar refractivity (Wildman–Crippen MR) is 78.0 cm³/mol. The third kappa shape index (κ3) is 2.63. The number of aromatic nitrogens is 2. The number of aromatic hydroxyl groups is 1. The molecular weight excluding hydrogens is 278 g/mol. The molecule has 1 amide bonds. The van der Waals surface area contributed by atoms with Crippen molar-refractivity contribution in [3.8, 4) is 17.0 Å². The predicted octanol–water partition coefficient (Wildman–Crippen LogP) is 2.92. The molecule has 0 spiro atoms. The molecule has 0 aliphatic heterocycles. The maximum absolute atomic E-state index is 12.2. The second-order valence-electron chi connectivity index (χ2n) is 4.28. The van der Waals surface area contributed by atoms with E-state index in [0.717, 1.165) is 0 Å². The van der Waals surface area contributed by atoms with Gasteiger partial charge >= 0.3 is 0 Å². The number of amides is 1. The maximum atomic E-state index is 12.2. The van der Waals surface area contributed by atoms with Crippen LogP contribution in [0.2, 0.25) is 5.02 Å². The van der Waals surface area contributed by atoms with Gasteiger partial charge in [0.15, 0.2) is 11.4 Å². The Balaban J connectivity index is 2.36. The zero-order valence-corrected chi connectivity index (χ0v) is 12.1. The number of rotatable bonds is 4. The number of carbonyl (C=O) groups excluding carboxylic acids is 1. The fourth-order valence-electron chi connectivity index (χ4n) is 1.96. The molecule has 2 rings (SSSR count). The van der Waals surface area contributed by atoms with Crippen LogP contribution in [0.25, 0.3) is 11.3 Å². The van der Waals surface area contributed by atoms with Gasteiger partial charge in [0.05, 0.1) is 0 Å². The van der Waals surface area contributed by atoms with Crippen LogP contribution in [0.5, 0.6) is 5.75 Å². The third-order valence-electron chi connectivity index (χ3n) is 3.12. The lowest BCUT2D eigenvalue weighted by molar-refractivity contribution is 0.0764. The molecule has 20 heavy (non-hydrogen) atoms. The number of nitrogens with zero attached hydrogens (tertiary/aromatic N) is 2. The Morgan fingerprint density at radius 3 is 2.45 bits per heavy atom. The van der Waals surface area contributed by atoms with Crippen LogP contribution in [-0.4, -0.2) is 39.2 Å². The lowest BCUT2D eigenvalue weighted by Gasteiger charge is -2.17. The van der Waals surface area contributed by atoms with E-state index in [2.05, 4.69) is 10.2 Å². The smallest absolute Gasteiger partial charge is 0.275 e. The van der Waals surface area contributed by atoms with Gasteiger partial charge in [-0.1, -0.05) is 23.7 Å². The number of hydrogen-bond donors (Lipinski definition) is 2. The van der Waals surface area contributed by atoms with Gasteiger partial charge in [0.1, 0.15) is 5.69 Å². The molecule has 1 aromatic carbocycles. The largest absolute Gasteiger partial charge is 0.504 e. The quantitative estimate of drug-likeness (QED) is 0.910. The molecule has 0 fully saturated rings. The van der Waals surface area contributed by atoms with Crippen LogP contribution in [-0.2, 0) is 0 Å². The van der Waals surface area contributed by atoms with Crippen molar-refractivity contribution in [3.63, 3.8) is 0 Å². The number of hydrogen-bond acceptors (Lipinski definition) is 3. The van der Waals surface area contributed by atoms with Crippen molar-refractivity contribution in [2.24, 2.45) is 0 Å². The van der Waals surface area contributed by atoms with Gasteiger partial charge in [-0.15, -0.1) is 0 Å². The van der Waals surface area contributed by atoms with Crippen molar-refractivity contribution in [1.29, 1.82) is 0 Å². The molecular formula is C14H16ClN3O2. The van der Waals surface area contributed by atoms with E-state index in [1.54, 1.807) is 29.2 Å². The Hall–Kier alpha value is -2.01. The summed E-state index contributed by atoms with van der Waals surface area (Å²) in [6, 6.07) is 6.89. The molecule has 6 heteroatoms. The Morgan fingerprint density at radius 2 is 1.90 bits per heavy atom. The molecule has 0 saturated carbocycles. The minimum absolute atomic E-state index is 0.110. The topological polar surface area (TPSA) is 69.2 Å². The monoisotopic (exact) mass is 293 g/mol. The standard InChI is InChI=1S/C14H16ClN3O2/c1-3-18(4-2)14(20)12-13(19)11(16-17-12)9-5-7-10(15)8-6-9/h5-8,19H,3-4H2,1-2H3,(H,16,17). The first-order valence-electron chi connectivity index (χ1n) is 6.41. The molecule has 2 N–H and O–H groups in total. The first-order valence-corrected chi connectivity index (χ1v) is 6.78. The van der Waals surface area contributed by atoms with Crippen molar-refractivity contribution in [2.45, 2.75) is 13.8 Å². The molecule has 0 radical (unpaired) electrons. The summed E-state index contributed by atoms with van der Waals surface area (Å²) in [6.45, 7) is 4.91. The summed E-state index contributed by atoms with van der Waals surface area (Å²) in [6.07, 6.45) is 0. The molecule has 0 aliphatic carbocycles. The molecule has 0 unspecified atom stereocenters. The first kappa shape index (κ1) is 14.4. The van der Waals surface area contributed by atoms with Crippen LogP contribution in [0.4, 0.5) is 0 Å². The van der Waals surface area contributed by atoms with Crippen molar-refractivity contribution in [1.82, 2.24) is 15.1 Å². The van der Waals surface area contributed by atoms with Gasteiger partial charge < -0.3 is 10.0 Å². The van der Waals surface area contributed by atoms with Crippen molar-refractivity contribution in [3.05, 3.63) is 35.0 Å². The highest BCUT2D eigenvalue weighted by atomic mass is 35.5. The molecule has 1 aromatic heterocycles. The van der Waals surface area contributed by atoms with Crippen LogP contribution in [0.3, 0.4) is 0 Å². The second kappa shape index (κ2) is 5.96. The van der Waals surface area contributed by atoms with E-state index in [1.165, 1.54) is 0 Å². The van der Waals surface area contributed by atoms with Crippen LogP contribution >= 0.6 is 11.6 Å². The summed E-state index contributed by atoms with van der Waals surface area (Å²) < 4.78 is 0. The second-order valence-corrected chi connectivity index (χ2v) is 4.72. The number of aromatic amines is 1. The minimum Gasteiger partial charge on any atom is -0.504 e. The lowest BCUT2D eigenvalue weighted by atomic mass is 10.1. The molecule has 0 aliphatic rings. The molecule has 5 nitrogen and oxygen atoms in total. The molecule has 0 bridgehead atoms. The Labute approximate surface area is 122 Å². The maximum Gasteiger partial charge on any atom is 0.275 e. The van der Waals surface area contributed by atoms with Gasteiger partial charge in [-0.2, -0.15) is 5.10 Å². The van der Waals surface area contributed by atoms with E-state index in [4.69, 9.17) is 11.6 Å². The van der Waals surface area contributed by atoms with Gasteiger partial charge in [0, 0.05) is 23.7 Å². The molecule has 0 saturated heterocycles. The normalized spacial score (nSPS) is 10.6. The summed E-state index contributed by atoms with van der Waals surface area (Å²) in [5.74, 6) is -0.399. The SMILES string of the molecule is CCN(CC)C(=O)c1[nH]nc(-c2ccc(Cl)cc2)c1O. The lowest BCUT2D eigenvalue weighted by Crippen LogP contribution is -2.30. The van der Waals surface area contributed by atoms with Gasteiger partial charge in [-0.3, -0.25) is 9.89 Å². The average molecular weight is 294 g/mol. The van der Waals surface area contributed by atoms with Crippen molar-refractivity contribution >= 4 is 17.5 Å². The Bertz CT molecular complexity index is 603. The van der Waals surface area contributed by atoms with E-state index < -0.39 is 0 Å². The van der Waals surface area contributed by atoms with Crippen LogP contribution in [0.1, 0.15) is 24.3 Å². The third-order valence-corrected chi connectivity index (χ3v) is 3.37. The Kier molecular flexibility index (Phi) is 4.29. The van der Waals surface area contributed by atoms with Gasteiger partial charge in [-0.05, 0) is 26.0 Å². The molecule has 0 atom stereocenters. The van der Waals surface area contributed by atoms with E-state index in [0.29, 0.717) is 29.4 Å². The highest BCUT2D eigenvalue weighted by Gasteiger charge is 2.22. The van der Waals surface area contributed by atoms with Gasteiger partial charge in [0.25, 0.3) is 5.91 Å². The summed E-state index contributed by atoms with van der Waals surface area (Å²) in [5.41, 5.74) is 1.15. The van der Waals surface area contributed by atoms with Gasteiger partial charge in [0.2, 0.25) is 0 Å². The molecule has 2 aromatic rings. The van der Waals surface area contributed by atoms with Crippen LogP contribution in [0.15, 0.2) is 24.3 Å².